The average molecular weight is 316 g/mol. The molecule has 0 aromatic carbocycles. The molecule has 2 aromatic rings. The van der Waals surface area contributed by atoms with Crippen molar-refractivity contribution in [2.45, 2.75) is 45.3 Å². The molecule has 3 rings (SSSR count). The smallest absolute Gasteiger partial charge is 0.242 e. The number of hydrogen-bond donors (Lipinski definition) is 1. The van der Waals surface area contributed by atoms with Gasteiger partial charge in [0.25, 0.3) is 0 Å². The van der Waals surface area contributed by atoms with Crippen molar-refractivity contribution in [3.8, 4) is 0 Å². The normalized spacial score (nSPS) is 18.4. The molecule has 0 radical (unpaired) electrons. The second kappa shape index (κ2) is 6.54. The van der Waals surface area contributed by atoms with E-state index in [1.807, 2.05) is 34.6 Å². The van der Waals surface area contributed by atoms with Gasteiger partial charge in [0.05, 0.1) is 24.3 Å². The first-order chi connectivity index (χ1) is 11.1. The molecule has 0 bridgehead atoms. The molecule has 1 amide bonds. The van der Waals surface area contributed by atoms with E-state index in [0.29, 0.717) is 6.04 Å². The minimum Gasteiger partial charge on any atom is -0.310 e. The van der Waals surface area contributed by atoms with Crippen molar-refractivity contribution in [3.63, 3.8) is 0 Å². The summed E-state index contributed by atoms with van der Waals surface area (Å²) in [4.78, 5) is 14.6. The van der Waals surface area contributed by atoms with Gasteiger partial charge in [-0.2, -0.15) is 10.2 Å². The zero-order chi connectivity index (χ0) is 16.4. The lowest BCUT2D eigenvalue weighted by atomic mass is 10.1. The molecule has 1 saturated heterocycles. The summed E-state index contributed by atoms with van der Waals surface area (Å²) in [6.07, 6.45) is 6.45. The summed E-state index contributed by atoms with van der Waals surface area (Å²) < 4.78 is 3.83. The molecule has 1 fully saturated rings. The van der Waals surface area contributed by atoms with Gasteiger partial charge in [-0.3, -0.25) is 14.4 Å². The summed E-state index contributed by atoms with van der Waals surface area (Å²) in [6, 6.07) is 4.24. The minimum atomic E-state index is -0.165. The Labute approximate surface area is 136 Å². The van der Waals surface area contributed by atoms with Crippen LogP contribution < -0.4 is 5.32 Å². The lowest BCUT2D eigenvalue weighted by molar-refractivity contribution is -0.123. The Kier molecular flexibility index (Phi) is 4.47. The first-order valence-corrected chi connectivity index (χ1v) is 8.17. The highest BCUT2D eigenvalue weighted by atomic mass is 16.2. The molecule has 0 spiro atoms. The third-order valence-corrected chi connectivity index (χ3v) is 4.65. The summed E-state index contributed by atoms with van der Waals surface area (Å²) in [5, 5.41) is 11.6. The van der Waals surface area contributed by atoms with E-state index in [1.165, 1.54) is 0 Å². The molecule has 124 valence electrons. The van der Waals surface area contributed by atoms with E-state index >= 15 is 0 Å². The quantitative estimate of drug-likeness (QED) is 0.884. The van der Waals surface area contributed by atoms with E-state index in [0.717, 1.165) is 25.3 Å². The average Bonchev–Trinajstić information content (AvgIpc) is 3.16. The Morgan fingerprint density at radius 1 is 1.35 bits per heavy atom. The highest BCUT2D eigenvalue weighted by Gasteiger charge is 2.35. The number of anilines is 1. The molecule has 0 aliphatic carbocycles. The maximum atomic E-state index is 12.5. The van der Waals surface area contributed by atoms with Crippen molar-refractivity contribution in [2.75, 3.05) is 18.4 Å². The molecule has 1 N–H and O–H groups in total. The van der Waals surface area contributed by atoms with Crippen LogP contribution in [0.15, 0.2) is 30.7 Å². The molecule has 7 nitrogen and oxygen atoms in total. The van der Waals surface area contributed by atoms with Crippen molar-refractivity contribution in [3.05, 3.63) is 30.7 Å². The fraction of sp³-hybridized carbons (Fsp3) is 0.562. The molecular formula is C16H24N6O. The van der Waals surface area contributed by atoms with Crippen molar-refractivity contribution in [2.24, 2.45) is 0 Å². The molecule has 2 aromatic heterocycles. The third-order valence-electron chi connectivity index (χ3n) is 4.65. The summed E-state index contributed by atoms with van der Waals surface area (Å²) in [7, 11) is 0. The van der Waals surface area contributed by atoms with Crippen LogP contribution >= 0.6 is 0 Å². The minimum absolute atomic E-state index is 0.00830. The van der Waals surface area contributed by atoms with E-state index in [-0.39, 0.29) is 18.0 Å². The molecule has 1 aliphatic rings. The summed E-state index contributed by atoms with van der Waals surface area (Å²) in [5.41, 5.74) is 0. The number of rotatable bonds is 6. The standard InChI is InChI=1S/C16H24N6O/c1-4-12(2)22-15(6-8-18-22)19-16(23)13(3)20-10-14(11-20)21-9-5-7-17-21/h5-9,12-14H,4,10-11H2,1-3H3,(H,19,23)/t12-,13-/m0/s1. The van der Waals surface area contributed by atoms with Gasteiger partial charge in [0, 0.05) is 31.5 Å². The van der Waals surface area contributed by atoms with Crippen LogP contribution in [0.1, 0.15) is 39.3 Å². The van der Waals surface area contributed by atoms with E-state index in [2.05, 4.69) is 34.3 Å². The van der Waals surface area contributed by atoms with E-state index in [4.69, 9.17) is 0 Å². The number of likely N-dealkylation sites (tertiary alicyclic amines) is 1. The number of amides is 1. The van der Waals surface area contributed by atoms with Gasteiger partial charge in [-0.25, -0.2) is 4.68 Å². The summed E-state index contributed by atoms with van der Waals surface area (Å²) >= 11 is 0. The predicted octanol–water partition coefficient (Wildman–Crippen LogP) is 1.93. The van der Waals surface area contributed by atoms with Gasteiger partial charge >= 0.3 is 0 Å². The van der Waals surface area contributed by atoms with Crippen LogP contribution in [-0.2, 0) is 4.79 Å². The highest BCUT2D eigenvalue weighted by molar-refractivity contribution is 5.93. The molecular weight excluding hydrogens is 292 g/mol. The molecule has 1 aliphatic heterocycles. The molecule has 2 atom stereocenters. The number of carbonyl (C=O) groups excluding carboxylic acids is 1. The van der Waals surface area contributed by atoms with Crippen LogP contribution in [0.3, 0.4) is 0 Å². The first kappa shape index (κ1) is 15.7. The molecule has 3 heterocycles. The highest BCUT2D eigenvalue weighted by Crippen LogP contribution is 2.23. The van der Waals surface area contributed by atoms with E-state index in [9.17, 15) is 4.79 Å². The molecule has 0 unspecified atom stereocenters. The number of nitrogens with one attached hydrogen (secondary N) is 1. The van der Waals surface area contributed by atoms with Crippen molar-refractivity contribution < 1.29 is 4.79 Å². The van der Waals surface area contributed by atoms with Crippen molar-refractivity contribution in [1.82, 2.24) is 24.5 Å². The Hall–Kier alpha value is -2.15. The Morgan fingerprint density at radius 2 is 2.13 bits per heavy atom. The van der Waals surface area contributed by atoms with Crippen molar-refractivity contribution in [1.29, 1.82) is 0 Å². The third kappa shape index (κ3) is 3.14. The zero-order valence-corrected chi connectivity index (χ0v) is 13.9. The summed E-state index contributed by atoms with van der Waals surface area (Å²) in [5.74, 6) is 0.773. The maximum absolute atomic E-state index is 12.5. The van der Waals surface area contributed by atoms with Crippen LogP contribution in [0, 0.1) is 0 Å². The van der Waals surface area contributed by atoms with Crippen LogP contribution in [-0.4, -0.2) is 49.5 Å². The number of carbonyl (C=O) groups is 1. The predicted molar refractivity (Wildman–Crippen MR) is 88.2 cm³/mol. The maximum Gasteiger partial charge on any atom is 0.242 e. The van der Waals surface area contributed by atoms with Gasteiger partial charge < -0.3 is 5.32 Å². The van der Waals surface area contributed by atoms with Gasteiger partial charge in [0.1, 0.15) is 5.82 Å². The Bertz CT molecular complexity index is 643. The second-order valence-corrected chi connectivity index (χ2v) is 6.18. The van der Waals surface area contributed by atoms with Crippen LogP contribution in [0.4, 0.5) is 5.82 Å². The molecule has 7 heteroatoms. The number of hydrogen-bond acceptors (Lipinski definition) is 4. The van der Waals surface area contributed by atoms with Gasteiger partial charge in [0.2, 0.25) is 5.91 Å². The van der Waals surface area contributed by atoms with Crippen molar-refractivity contribution >= 4 is 11.7 Å². The first-order valence-electron chi connectivity index (χ1n) is 8.17. The Morgan fingerprint density at radius 3 is 2.78 bits per heavy atom. The zero-order valence-electron chi connectivity index (χ0n) is 13.9. The topological polar surface area (TPSA) is 68.0 Å². The lowest BCUT2D eigenvalue weighted by Gasteiger charge is -2.42. The van der Waals surface area contributed by atoms with Gasteiger partial charge in [-0.1, -0.05) is 6.92 Å². The molecule has 23 heavy (non-hydrogen) atoms. The van der Waals surface area contributed by atoms with Crippen LogP contribution in [0.5, 0.6) is 0 Å². The largest absolute Gasteiger partial charge is 0.310 e. The van der Waals surface area contributed by atoms with Crippen LogP contribution in [0.25, 0.3) is 0 Å². The van der Waals surface area contributed by atoms with Gasteiger partial charge in [0.15, 0.2) is 0 Å². The molecule has 0 saturated carbocycles. The summed E-state index contributed by atoms with van der Waals surface area (Å²) in [6.45, 7) is 7.84. The van der Waals surface area contributed by atoms with Gasteiger partial charge in [-0.15, -0.1) is 0 Å². The van der Waals surface area contributed by atoms with E-state index < -0.39 is 0 Å². The lowest BCUT2D eigenvalue weighted by Crippen LogP contribution is -2.55. The number of nitrogens with zero attached hydrogens (tertiary/aromatic N) is 5. The monoisotopic (exact) mass is 316 g/mol. The van der Waals surface area contributed by atoms with Gasteiger partial charge in [-0.05, 0) is 26.3 Å². The number of aromatic nitrogens is 4. The van der Waals surface area contributed by atoms with Crippen LogP contribution in [0.2, 0.25) is 0 Å². The Balaban J connectivity index is 1.56. The second-order valence-electron chi connectivity index (χ2n) is 6.18. The SMILES string of the molecule is CC[C@H](C)n1nccc1NC(=O)[C@H](C)N1CC(n2cccn2)C1. The van der Waals surface area contributed by atoms with E-state index in [1.54, 1.807) is 12.4 Å². The fourth-order valence-electron chi connectivity index (χ4n) is 2.80. The fourth-order valence-corrected chi connectivity index (χ4v) is 2.80.